The van der Waals surface area contributed by atoms with Gasteiger partial charge in [-0.15, -0.1) is 0 Å². The number of likely N-dealkylation sites (tertiary alicyclic amines) is 4. The Balaban J connectivity index is 1.03. The van der Waals surface area contributed by atoms with Crippen molar-refractivity contribution >= 4 is 11.8 Å². The van der Waals surface area contributed by atoms with E-state index in [2.05, 4.69) is 33.6 Å². The fourth-order valence-corrected chi connectivity index (χ4v) is 7.57. The molecule has 4 fully saturated rings. The second kappa shape index (κ2) is 14.9. The molecule has 0 unspecified atom stereocenters. The predicted molar refractivity (Wildman–Crippen MR) is 151 cm³/mol. The summed E-state index contributed by atoms with van der Waals surface area (Å²) in [4.78, 5) is 34.3. The van der Waals surface area contributed by atoms with E-state index in [4.69, 9.17) is 0 Å². The van der Waals surface area contributed by atoms with E-state index in [1.165, 1.54) is 96.8 Å². The monoisotopic (exact) mass is 516 g/mol. The molecule has 2 amide bonds. The SMILES string of the molecule is CCCC(=O)N1CCC(CCCC2CCN(C(=O)CCN3CCC(C4CCN(C)CC4)CC3)CC2)CC1. The van der Waals surface area contributed by atoms with Crippen LogP contribution >= 0.6 is 0 Å². The molecule has 4 aliphatic rings. The summed E-state index contributed by atoms with van der Waals surface area (Å²) in [6, 6.07) is 0. The van der Waals surface area contributed by atoms with E-state index in [0.717, 1.165) is 62.8 Å². The van der Waals surface area contributed by atoms with Gasteiger partial charge in [0, 0.05) is 45.6 Å². The molecule has 0 aromatic carbocycles. The van der Waals surface area contributed by atoms with Crippen molar-refractivity contribution in [2.75, 3.05) is 66.0 Å². The van der Waals surface area contributed by atoms with E-state index in [0.29, 0.717) is 24.7 Å². The van der Waals surface area contributed by atoms with Gasteiger partial charge in [0.2, 0.25) is 11.8 Å². The van der Waals surface area contributed by atoms with Gasteiger partial charge in [0.05, 0.1) is 0 Å². The standard InChI is InChI=1S/C31H56N4O2/c1-3-5-30(36)34-22-8-26(9-23-34)6-4-7-27-10-24-35(25-11-27)31(37)16-21-33-19-14-29(15-20-33)28-12-17-32(2)18-13-28/h26-29H,3-25H2,1-2H3. The second-order valence-corrected chi connectivity index (χ2v) is 12.9. The molecule has 0 bridgehead atoms. The summed E-state index contributed by atoms with van der Waals surface area (Å²) >= 11 is 0. The summed E-state index contributed by atoms with van der Waals surface area (Å²) < 4.78 is 0. The van der Waals surface area contributed by atoms with Gasteiger partial charge in [0.15, 0.2) is 0 Å². The normalized spacial score (nSPS) is 24.6. The summed E-state index contributed by atoms with van der Waals surface area (Å²) in [7, 11) is 2.25. The Bertz CT molecular complexity index is 683. The third kappa shape index (κ3) is 8.95. The molecular formula is C31H56N4O2. The molecule has 0 radical (unpaired) electrons. The Morgan fingerprint density at radius 2 is 1.08 bits per heavy atom. The number of hydrogen-bond acceptors (Lipinski definition) is 4. The molecule has 4 rings (SSSR count). The smallest absolute Gasteiger partial charge is 0.223 e. The predicted octanol–water partition coefficient (Wildman–Crippen LogP) is 4.88. The van der Waals surface area contributed by atoms with Crippen LogP contribution in [0.25, 0.3) is 0 Å². The molecule has 4 heterocycles. The largest absolute Gasteiger partial charge is 0.343 e. The number of rotatable bonds is 10. The van der Waals surface area contributed by atoms with Crippen LogP contribution in [0, 0.1) is 23.7 Å². The van der Waals surface area contributed by atoms with Gasteiger partial charge in [0.1, 0.15) is 0 Å². The van der Waals surface area contributed by atoms with E-state index in [1.807, 2.05) is 0 Å². The molecule has 0 aromatic rings. The van der Waals surface area contributed by atoms with Crippen molar-refractivity contribution in [2.24, 2.45) is 23.7 Å². The van der Waals surface area contributed by atoms with E-state index < -0.39 is 0 Å². The van der Waals surface area contributed by atoms with Crippen LogP contribution in [0.2, 0.25) is 0 Å². The molecule has 4 saturated heterocycles. The summed E-state index contributed by atoms with van der Waals surface area (Å²) in [6.07, 6.45) is 16.6. The zero-order chi connectivity index (χ0) is 26.0. The number of carbonyl (C=O) groups is 2. The lowest BCUT2D eigenvalue weighted by Gasteiger charge is -2.39. The highest BCUT2D eigenvalue weighted by atomic mass is 16.2. The molecule has 0 saturated carbocycles. The van der Waals surface area contributed by atoms with Crippen molar-refractivity contribution in [1.29, 1.82) is 0 Å². The molecule has 0 atom stereocenters. The van der Waals surface area contributed by atoms with E-state index >= 15 is 0 Å². The first-order valence-corrected chi connectivity index (χ1v) is 16.0. The molecular weight excluding hydrogens is 460 g/mol. The van der Waals surface area contributed by atoms with Gasteiger partial charge < -0.3 is 19.6 Å². The van der Waals surface area contributed by atoms with Crippen molar-refractivity contribution in [3.63, 3.8) is 0 Å². The van der Waals surface area contributed by atoms with Gasteiger partial charge >= 0.3 is 0 Å². The van der Waals surface area contributed by atoms with Gasteiger partial charge in [-0.2, -0.15) is 0 Å². The van der Waals surface area contributed by atoms with Crippen molar-refractivity contribution in [3.05, 3.63) is 0 Å². The lowest BCUT2D eigenvalue weighted by atomic mass is 9.79. The van der Waals surface area contributed by atoms with Crippen LogP contribution in [0.15, 0.2) is 0 Å². The lowest BCUT2D eigenvalue weighted by molar-refractivity contribution is -0.133. The van der Waals surface area contributed by atoms with Crippen molar-refractivity contribution < 1.29 is 9.59 Å². The molecule has 4 aliphatic heterocycles. The Morgan fingerprint density at radius 1 is 0.622 bits per heavy atom. The first-order chi connectivity index (χ1) is 18.0. The highest BCUT2D eigenvalue weighted by Gasteiger charge is 2.29. The molecule has 0 spiro atoms. The van der Waals surface area contributed by atoms with Gasteiger partial charge in [-0.25, -0.2) is 0 Å². The minimum absolute atomic E-state index is 0.356. The van der Waals surface area contributed by atoms with Gasteiger partial charge in [-0.3, -0.25) is 9.59 Å². The van der Waals surface area contributed by atoms with Gasteiger partial charge in [0.25, 0.3) is 0 Å². The molecule has 212 valence electrons. The quantitative estimate of drug-likeness (QED) is 0.415. The number of carbonyl (C=O) groups excluding carboxylic acids is 2. The molecule has 6 heteroatoms. The second-order valence-electron chi connectivity index (χ2n) is 12.9. The van der Waals surface area contributed by atoms with Gasteiger partial charge in [-0.05, 0) is 115 Å². The third-order valence-corrected chi connectivity index (χ3v) is 10.3. The Kier molecular flexibility index (Phi) is 11.6. The van der Waals surface area contributed by atoms with Crippen molar-refractivity contribution in [1.82, 2.24) is 19.6 Å². The van der Waals surface area contributed by atoms with Crippen LogP contribution in [0.5, 0.6) is 0 Å². The maximum atomic E-state index is 12.9. The Labute approximate surface area is 227 Å². The van der Waals surface area contributed by atoms with E-state index in [-0.39, 0.29) is 0 Å². The number of amides is 2. The molecule has 0 aromatic heterocycles. The maximum Gasteiger partial charge on any atom is 0.223 e. The van der Waals surface area contributed by atoms with Crippen LogP contribution in [0.4, 0.5) is 0 Å². The molecule has 6 nitrogen and oxygen atoms in total. The Morgan fingerprint density at radius 3 is 1.57 bits per heavy atom. The summed E-state index contributed by atoms with van der Waals surface area (Å²) in [5.41, 5.74) is 0. The summed E-state index contributed by atoms with van der Waals surface area (Å²) in [5.74, 6) is 4.21. The topological polar surface area (TPSA) is 47.1 Å². The highest BCUT2D eigenvalue weighted by molar-refractivity contribution is 5.76. The van der Waals surface area contributed by atoms with Gasteiger partial charge in [-0.1, -0.05) is 26.2 Å². The number of piperidine rings is 4. The molecule has 37 heavy (non-hydrogen) atoms. The number of nitrogens with zero attached hydrogens (tertiary/aromatic N) is 4. The number of hydrogen-bond donors (Lipinski definition) is 0. The summed E-state index contributed by atoms with van der Waals surface area (Å²) in [6.45, 7) is 11.9. The molecule has 0 aliphatic carbocycles. The van der Waals surface area contributed by atoms with E-state index in [1.54, 1.807) is 0 Å². The van der Waals surface area contributed by atoms with Crippen LogP contribution in [-0.4, -0.2) is 97.4 Å². The fourth-order valence-electron chi connectivity index (χ4n) is 7.57. The zero-order valence-corrected chi connectivity index (χ0v) is 24.2. The zero-order valence-electron chi connectivity index (χ0n) is 24.2. The molecule has 0 N–H and O–H groups in total. The maximum absolute atomic E-state index is 12.9. The average Bonchev–Trinajstić information content (AvgIpc) is 2.93. The first-order valence-electron chi connectivity index (χ1n) is 16.0. The van der Waals surface area contributed by atoms with Crippen LogP contribution in [-0.2, 0) is 9.59 Å². The van der Waals surface area contributed by atoms with Crippen molar-refractivity contribution in [3.8, 4) is 0 Å². The Hall–Kier alpha value is -1.14. The third-order valence-electron chi connectivity index (χ3n) is 10.3. The van der Waals surface area contributed by atoms with Crippen LogP contribution < -0.4 is 0 Å². The highest BCUT2D eigenvalue weighted by Crippen LogP contribution is 2.32. The minimum Gasteiger partial charge on any atom is -0.343 e. The van der Waals surface area contributed by atoms with E-state index in [9.17, 15) is 9.59 Å². The summed E-state index contributed by atoms with van der Waals surface area (Å²) in [5, 5.41) is 0. The fraction of sp³-hybridized carbons (Fsp3) is 0.935. The average molecular weight is 517 g/mol. The van der Waals surface area contributed by atoms with Crippen LogP contribution in [0.1, 0.15) is 96.8 Å². The first kappa shape index (κ1) is 28.9. The lowest BCUT2D eigenvalue weighted by Crippen LogP contribution is -2.42. The minimum atomic E-state index is 0.356. The van der Waals surface area contributed by atoms with Crippen LogP contribution in [0.3, 0.4) is 0 Å². The van der Waals surface area contributed by atoms with Crippen molar-refractivity contribution in [2.45, 2.75) is 96.8 Å².